The molecule has 0 aromatic carbocycles. The molecular weight excluding hydrogens is 196 g/mol. The molecule has 6 heteroatoms. The summed E-state index contributed by atoms with van der Waals surface area (Å²) in [5.74, 6) is -0.723. The number of aromatic nitrogens is 2. The third kappa shape index (κ3) is 1.78. The second-order valence-electron chi connectivity index (χ2n) is 3.36. The van der Waals surface area contributed by atoms with E-state index in [2.05, 4.69) is 9.97 Å². The third-order valence-electron chi connectivity index (χ3n) is 2.32. The second-order valence-corrected chi connectivity index (χ2v) is 3.36. The predicted octanol–water partition coefficient (Wildman–Crippen LogP) is -0.685. The molecule has 1 fully saturated rings. The van der Waals surface area contributed by atoms with Gasteiger partial charge < -0.3 is 5.73 Å². The number of amides is 2. The molecule has 1 aliphatic heterocycles. The maximum absolute atomic E-state index is 11.5. The van der Waals surface area contributed by atoms with E-state index in [0.29, 0.717) is 5.95 Å². The van der Waals surface area contributed by atoms with Crippen molar-refractivity contribution in [3.63, 3.8) is 0 Å². The molecule has 1 unspecified atom stereocenters. The van der Waals surface area contributed by atoms with Crippen LogP contribution in [0.3, 0.4) is 0 Å². The minimum Gasteiger partial charge on any atom is -0.369 e. The largest absolute Gasteiger partial charge is 0.369 e. The highest BCUT2D eigenvalue weighted by molar-refractivity contribution is 5.98. The van der Waals surface area contributed by atoms with Gasteiger partial charge in [-0.3, -0.25) is 14.5 Å². The number of nitrogens with zero attached hydrogens (tertiary/aromatic N) is 3. The van der Waals surface area contributed by atoms with E-state index in [4.69, 9.17) is 5.73 Å². The van der Waals surface area contributed by atoms with Crippen LogP contribution in [0.4, 0.5) is 5.95 Å². The number of hydrogen-bond donors (Lipinski definition) is 1. The Kier molecular flexibility index (Phi) is 2.32. The summed E-state index contributed by atoms with van der Waals surface area (Å²) >= 11 is 0. The Morgan fingerprint density at radius 2 is 2.13 bits per heavy atom. The minimum absolute atomic E-state index is 0.146. The van der Waals surface area contributed by atoms with Crippen molar-refractivity contribution in [2.75, 3.05) is 11.4 Å². The van der Waals surface area contributed by atoms with Gasteiger partial charge in [0.05, 0.1) is 5.92 Å². The van der Waals surface area contributed by atoms with E-state index >= 15 is 0 Å². The van der Waals surface area contributed by atoms with Crippen molar-refractivity contribution in [2.24, 2.45) is 11.7 Å². The molecular formula is C9H10N4O2. The monoisotopic (exact) mass is 206 g/mol. The van der Waals surface area contributed by atoms with Crippen LogP contribution in [0.2, 0.25) is 0 Å². The Morgan fingerprint density at radius 1 is 1.47 bits per heavy atom. The number of carbonyl (C=O) groups excluding carboxylic acids is 2. The second kappa shape index (κ2) is 3.64. The average molecular weight is 206 g/mol. The maximum atomic E-state index is 11.5. The average Bonchev–Trinajstić information content (AvgIpc) is 2.62. The summed E-state index contributed by atoms with van der Waals surface area (Å²) in [6, 6.07) is 1.66. The number of anilines is 1. The van der Waals surface area contributed by atoms with Crippen LogP contribution < -0.4 is 10.6 Å². The first-order valence-corrected chi connectivity index (χ1v) is 4.55. The highest BCUT2D eigenvalue weighted by Gasteiger charge is 2.35. The first kappa shape index (κ1) is 9.57. The van der Waals surface area contributed by atoms with Gasteiger partial charge in [0.1, 0.15) is 0 Å². The first-order valence-electron chi connectivity index (χ1n) is 4.55. The standard InChI is InChI=1S/C9H10N4O2/c10-8(15)6-4-7(14)13(5-6)9-11-2-1-3-12-9/h1-3,6H,4-5H2,(H2,10,15). The zero-order chi connectivity index (χ0) is 10.8. The molecule has 0 spiro atoms. The lowest BCUT2D eigenvalue weighted by molar-refractivity contribution is -0.123. The fraction of sp³-hybridized carbons (Fsp3) is 0.333. The first-order chi connectivity index (χ1) is 7.18. The highest BCUT2D eigenvalue weighted by Crippen LogP contribution is 2.20. The number of hydrogen-bond acceptors (Lipinski definition) is 4. The van der Waals surface area contributed by atoms with E-state index in [9.17, 15) is 9.59 Å². The van der Waals surface area contributed by atoms with Gasteiger partial charge in [-0.05, 0) is 6.07 Å². The number of nitrogens with two attached hydrogens (primary N) is 1. The number of primary amides is 1. The summed E-state index contributed by atoms with van der Waals surface area (Å²) in [7, 11) is 0. The molecule has 0 aliphatic carbocycles. The third-order valence-corrected chi connectivity index (χ3v) is 2.32. The van der Waals surface area contributed by atoms with Gasteiger partial charge in [-0.2, -0.15) is 0 Å². The summed E-state index contributed by atoms with van der Waals surface area (Å²) in [6.45, 7) is 0.276. The van der Waals surface area contributed by atoms with Crippen molar-refractivity contribution < 1.29 is 9.59 Å². The zero-order valence-electron chi connectivity index (χ0n) is 7.96. The van der Waals surface area contributed by atoms with Crippen LogP contribution in [0.5, 0.6) is 0 Å². The van der Waals surface area contributed by atoms with Crippen LogP contribution in [-0.4, -0.2) is 28.3 Å². The SMILES string of the molecule is NC(=O)C1CC(=O)N(c2ncccn2)C1. The van der Waals surface area contributed by atoms with Gasteiger partial charge in [-0.1, -0.05) is 0 Å². The van der Waals surface area contributed by atoms with Crippen LogP contribution in [0.1, 0.15) is 6.42 Å². The van der Waals surface area contributed by atoms with Gasteiger partial charge in [0.15, 0.2) is 0 Å². The predicted molar refractivity (Wildman–Crippen MR) is 51.7 cm³/mol. The topological polar surface area (TPSA) is 89.2 Å². The summed E-state index contributed by atoms with van der Waals surface area (Å²) in [4.78, 5) is 31.7. The van der Waals surface area contributed by atoms with Gasteiger partial charge in [-0.25, -0.2) is 9.97 Å². The summed E-state index contributed by atoms with van der Waals surface area (Å²) in [5, 5.41) is 0. The molecule has 0 bridgehead atoms. The van der Waals surface area contributed by atoms with E-state index in [1.165, 1.54) is 4.90 Å². The maximum Gasteiger partial charge on any atom is 0.232 e. The Bertz CT molecular complexity index is 392. The van der Waals surface area contributed by atoms with Gasteiger partial charge in [0.25, 0.3) is 0 Å². The van der Waals surface area contributed by atoms with E-state index in [0.717, 1.165) is 0 Å². The van der Waals surface area contributed by atoms with Gasteiger partial charge in [0.2, 0.25) is 17.8 Å². The van der Waals surface area contributed by atoms with Crippen LogP contribution >= 0.6 is 0 Å². The van der Waals surface area contributed by atoms with Gasteiger partial charge in [-0.15, -0.1) is 0 Å². The summed E-state index contributed by atoms with van der Waals surface area (Å²) < 4.78 is 0. The summed E-state index contributed by atoms with van der Waals surface area (Å²) in [5.41, 5.74) is 5.14. The molecule has 1 saturated heterocycles. The van der Waals surface area contributed by atoms with Crippen molar-refractivity contribution in [3.05, 3.63) is 18.5 Å². The zero-order valence-corrected chi connectivity index (χ0v) is 7.96. The molecule has 0 radical (unpaired) electrons. The molecule has 2 heterocycles. The smallest absolute Gasteiger partial charge is 0.232 e. The van der Waals surface area contributed by atoms with Crippen molar-refractivity contribution in [1.29, 1.82) is 0 Å². The molecule has 2 rings (SSSR count). The Morgan fingerprint density at radius 3 is 2.67 bits per heavy atom. The molecule has 2 N–H and O–H groups in total. The molecule has 1 aromatic heterocycles. The molecule has 1 atom stereocenters. The Balaban J connectivity index is 2.19. The number of rotatable bonds is 2. The van der Waals surface area contributed by atoms with Crippen LogP contribution in [0.25, 0.3) is 0 Å². The molecule has 1 aliphatic rings. The minimum atomic E-state index is -0.457. The van der Waals surface area contributed by atoms with Crippen molar-refractivity contribution in [3.8, 4) is 0 Å². The Labute approximate surface area is 86.1 Å². The Hall–Kier alpha value is -1.98. The van der Waals surface area contributed by atoms with E-state index < -0.39 is 11.8 Å². The van der Waals surface area contributed by atoms with Crippen molar-refractivity contribution in [1.82, 2.24) is 9.97 Å². The van der Waals surface area contributed by atoms with Crippen molar-refractivity contribution in [2.45, 2.75) is 6.42 Å². The van der Waals surface area contributed by atoms with E-state index in [1.54, 1.807) is 18.5 Å². The molecule has 1 aromatic rings. The van der Waals surface area contributed by atoms with Crippen LogP contribution in [0.15, 0.2) is 18.5 Å². The van der Waals surface area contributed by atoms with Gasteiger partial charge >= 0.3 is 0 Å². The van der Waals surface area contributed by atoms with Gasteiger partial charge in [0, 0.05) is 25.4 Å². The highest BCUT2D eigenvalue weighted by atomic mass is 16.2. The quantitative estimate of drug-likeness (QED) is 0.693. The molecule has 15 heavy (non-hydrogen) atoms. The normalized spacial score (nSPS) is 20.7. The fourth-order valence-corrected chi connectivity index (χ4v) is 1.52. The van der Waals surface area contributed by atoms with E-state index in [1.807, 2.05) is 0 Å². The lowest BCUT2D eigenvalue weighted by Gasteiger charge is -2.12. The van der Waals surface area contributed by atoms with Crippen LogP contribution in [-0.2, 0) is 9.59 Å². The molecule has 0 saturated carbocycles. The molecule has 2 amide bonds. The lowest BCUT2D eigenvalue weighted by atomic mass is 10.1. The van der Waals surface area contributed by atoms with E-state index in [-0.39, 0.29) is 18.9 Å². The molecule has 6 nitrogen and oxygen atoms in total. The van der Waals surface area contributed by atoms with Crippen molar-refractivity contribution >= 4 is 17.8 Å². The molecule has 78 valence electrons. The lowest BCUT2D eigenvalue weighted by Crippen LogP contribution is -2.29. The summed E-state index contributed by atoms with van der Waals surface area (Å²) in [6.07, 6.45) is 3.24. The number of carbonyl (C=O) groups is 2. The van der Waals surface area contributed by atoms with Crippen LogP contribution in [0, 0.1) is 5.92 Å². The fourth-order valence-electron chi connectivity index (χ4n) is 1.52.